The Morgan fingerprint density at radius 2 is 2.07 bits per heavy atom. The lowest BCUT2D eigenvalue weighted by molar-refractivity contribution is 0.605. The van der Waals surface area contributed by atoms with E-state index < -0.39 is 9.84 Å². The fourth-order valence-corrected chi connectivity index (χ4v) is 3.64. The molecule has 0 bridgehead atoms. The number of fused-ring (bicyclic) bond motifs is 1. The van der Waals surface area contributed by atoms with Crippen molar-refractivity contribution < 1.29 is 8.42 Å². The molecule has 0 saturated carbocycles. The van der Waals surface area contributed by atoms with Gasteiger partial charge < -0.3 is 0 Å². The Labute approximate surface area is 89.0 Å². The molecule has 0 saturated heterocycles. The molecule has 0 spiro atoms. The van der Waals surface area contributed by atoms with Crippen LogP contribution in [0.3, 0.4) is 0 Å². The van der Waals surface area contributed by atoms with Gasteiger partial charge in [0.1, 0.15) is 0 Å². The number of thiol groups is 1. The van der Waals surface area contributed by atoms with Crippen LogP contribution in [-0.2, 0) is 9.84 Å². The molecule has 14 heavy (non-hydrogen) atoms. The average molecular weight is 226 g/mol. The molecule has 0 N–H and O–H groups in total. The second-order valence-electron chi connectivity index (χ2n) is 3.29. The first kappa shape index (κ1) is 9.80. The molecule has 0 atom stereocenters. The number of hydrogen-bond donors (Lipinski definition) is 1. The number of rotatable bonds is 1. The minimum Gasteiger partial charge on any atom is -0.219 e. The van der Waals surface area contributed by atoms with Crippen molar-refractivity contribution in [3.8, 4) is 0 Å². The van der Waals surface area contributed by atoms with Gasteiger partial charge in [-0.3, -0.25) is 0 Å². The van der Waals surface area contributed by atoms with Crippen LogP contribution in [0.15, 0.2) is 28.5 Å². The molecule has 1 aliphatic heterocycles. The Hall–Kier alpha value is -0.740. The van der Waals surface area contributed by atoms with Crippen LogP contribution in [0.2, 0.25) is 0 Å². The van der Waals surface area contributed by atoms with Crippen molar-refractivity contribution in [3.05, 3.63) is 34.7 Å². The van der Waals surface area contributed by atoms with Gasteiger partial charge in [-0.05, 0) is 24.1 Å². The van der Waals surface area contributed by atoms with Crippen LogP contribution in [0.4, 0.5) is 0 Å². The van der Waals surface area contributed by atoms with Crippen molar-refractivity contribution in [3.63, 3.8) is 0 Å². The minimum absolute atomic E-state index is 0.418. The molecule has 74 valence electrons. The molecule has 1 aromatic carbocycles. The zero-order valence-corrected chi connectivity index (χ0v) is 9.40. The third-order valence-corrected chi connectivity index (χ3v) is 4.22. The molecule has 4 heteroatoms. The van der Waals surface area contributed by atoms with E-state index in [-0.39, 0.29) is 0 Å². The number of benzene rings is 1. The standard InChI is InChI=1S/C10H10O2S2/c1-7-3-2-4-9-10(7)8(5-13)6-14(9,11)12/h2-4,6,13H,5H2,1H3. The Morgan fingerprint density at radius 1 is 1.36 bits per heavy atom. The lowest BCUT2D eigenvalue weighted by atomic mass is 10.0. The van der Waals surface area contributed by atoms with Crippen molar-refractivity contribution in [1.29, 1.82) is 0 Å². The summed E-state index contributed by atoms with van der Waals surface area (Å²) in [6.07, 6.45) is 0. The Bertz CT molecular complexity index is 513. The van der Waals surface area contributed by atoms with Gasteiger partial charge in [0.05, 0.1) is 4.90 Å². The topological polar surface area (TPSA) is 34.1 Å². The van der Waals surface area contributed by atoms with Gasteiger partial charge in [-0.2, -0.15) is 12.6 Å². The second-order valence-corrected chi connectivity index (χ2v) is 5.38. The Kier molecular flexibility index (Phi) is 2.20. The summed E-state index contributed by atoms with van der Waals surface area (Å²) >= 11 is 4.13. The highest BCUT2D eigenvalue weighted by Gasteiger charge is 2.26. The zero-order valence-electron chi connectivity index (χ0n) is 7.69. The van der Waals surface area contributed by atoms with Crippen molar-refractivity contribution in [2.24, 2.45) is 0 Å². The monoisotopic (exact) mass is 226 g/mol. The SMILES string of the molecule is Cc1cccc2c1C(CS)=CS2(=O)=O. The normalized spacial score (nSPS) is 17.7. The fourth-order valence-electron chi connectivity index (χ4n) is 1.72. The quantitative estimate of drug-likeness (QED) is 0.744. The molecule has 0 radical (unpaired) electrons. The van der Waals surface area contributed by atoms with Crippen molar-refractivity contribution in [2.75, 3.05) is 5.75 Å². The minimum atomic E-state index is -3.20. The Balaban J connectivity index is 2.82. The summed E-state index contributed by atoms with van der Waals surface area (Å²) in [4.78, 5) is 0.418. The predicted octanol–water partition coefficient (Wildman–Crippen LogP) is 2.05. The molecular formula is C10H10O2S2. The van der Waals surface area contributed by atoms with Crippen LogP contribution in [0.25, 0.3) is 5.57 Å². The summed E-state index contributed by atoms with van der Waals surface area (Å²) in [5, 5.41) is 1.32. The van der Waals surface area contributed by atoms with Gasteiger partial charge in [0.2, 0.25) is 9.84 Å². The fraction of sp³-hybridized carbons (Fsp3) is 0.200. The molecule has 0 fully saturated rings. The maximum atomic E-state index is 11.7. The van der Waals surface area contributed by atoms with Crippen molar-refractivity contribution in [1.82, 2.24) is 0 Å². The summed E-state index contributed by atoms with van der Waals surface area (Å²) in [7, 11) is -3.20. The number of aryl methyl sites for hydroxylation is 1. The van der Waals surface area contributed by atoms with E-state index in [9.17, 15) is 8.42 Å². The largest absolute Gasteiger partial charge is 0.219 e. The zero-order chi connectivity index (χ0) is 10.3. The van der Waals surface area contributed by atoms with Gasteiger partial charge in [-0.1, -0.05) is 12.1 Å². The van der Waals surface area contributed by atoms with Crippen LogP contribution in [0.5, 0.6) is 0 Å². The highest BCUT2D eigenvalue weighted by Crippen LogP contribution is 2.35. The van der Waals surface area contributed by atoms with Crippen LogP contribution < -0.4 is 0 Å². The van der Waals surface area contributed by atoms with E-state index >= 15 is 0 Å². The van der Waals surface area contributed by atoms with E-state index in [1.807, 2.05) is 13.0 Å². The van der Waals surface area contributed by atoms with Gasteiger partial charge in [0.15, 0.2) is 0 Å². The number of hydrogen-bond acceptors (Lipinski definition) is 3. The average Bonchev–Trinajstić information content (AvgIpc) is 2.40. The van der Waals surface area contributed by atoms with Gasteiger partial charge in [-0.25, -0.2) is 8.42 Å². The van der Waals surface area contributed by atoms with Gasteiger partial charge in [0, 0.05) is 16.7 Å². The molecule has 0 aliphatic carbocycles. The highest BCUT2D eigenvalue weighted by molar-refractivity contribution is 7.95. The summed E-state index contributed by atoms with van der Waals surface area (Å²) in [6, 6.07) is 5.32. The third-order valence-electron chi connectivity index (χ3n) is 2.33. The van der Waals surface area contributed by atoms with Crippen LogP contribution in [-0.4, -0.2) is 14.2 Å². The first-order chi connectivity index (χ1) is 6.56. The van der Waals surface area contributed by atoms with E-state index in [0.717, 1.165) is 16.7 Å². The smallest absolute Gasteiger partial charge is 0.200 e. The van der Waals surface area contributed by atoms with E-state index in [4.69, 9.17) is 0 Å². The summed E-state index contributed by atoms with van der Waals surface area (Å²) in [6.45, 7) is 1.91. The van der Waals surface area contributed by atoms with Crippen molar-refractivity contribution >= 4 is 28.0 Å². The molecule has 1 heterocycles. The highest BCUT2D eigenvalue weighted by atomic mass is 32.2. The van der Waals surface area contributed by atoms with Gasteiger partial charge in [-0.15, -0.1) is 0 Å². The number of sulfone groups is 1. The van der Waals surface area contributed by atoms with Crippen LogP contribution in [0, 0.1) is 6.92 Å². The summed E-state index contributed by atoms with van der Waals surface area (Å²) < 4.78 is 23.3. The Morgan fingerprint density at radius 3 is 2.71 bits per heavy atom. The molecule has 1 aliphatic rings. The summed E-state index contributed by atoms with van der Waals surface area (Å²) in [5.74, 6) is 0.455. The molecule has 0 amide bonds. The van der Waals surface area contributed by atoms with Crippen LogP contribution in [0.1, 0.15) is 11.1 Å². The first-order valence-electron chi connectivity index (χ1n) is 4.23. The molecular weight excluding hydrogens is 216 g/mol. The van der Waals surface area contributed by atoms with Gasteiger partial charge >= 0.3 is 0 Å². The maximum Gasteiger partial charge on any atom is 0.200 e. The van der Waals surface area contributed by atoms with Crippen LogP contribution >= 0.6 is 12.6 Å². The molecule has 2 nitrogen and oxygen atoms in total. The third kappa shape index (κ3) is 1.29. The first-order valence-corrected chi connectivity index (χ1v) is 6.40. The molecule has 0 aromatic heterocycles. The maximum absolute atomic E-state index is 11.7. The van der Waals surface area contributed by atoms with E-state index in [0.29, 0.717) is 10.6 Å². The molecule has 1 aromatic rings. The van der Waals surface area contributed by atoms with E-state index in [2.05, 4.69) is 12.6 Å². The van der Waals surface area contributed by atoms with E-state index in [1.165, 1.54) is 5.41 Å². The van der Waals surface area contributed by atoms with Crippen molar-refractivity contribution in [2.45, 2.75) is 11.8 Å². The lowest BCUT2D eigenvalue weighted by Crippen LogP contribution is -1.94. The molecule has 0 unspecified atom stereocenters. The molecule has 2 rings (SSSR count). The van der Waals surface area contributed by atoms with Gasteiger partial charge in [0.25, 0.3) is 0 Å². The predicted molar refractivity (Wildman–Crippen MR) is 60.2 cm³/mol. The van der Waals surface area contributed by atoms with E-state index in [1.54, 1.807) is 12.1 Å². The summed E-state index contributed by atoms with van der Waals surface area (Å²) in [5.41, 5.74) is 2.62. The second kappa shape index (κ2) is 3.14. The lowest BCUT2D eigenvalue weighted by Gasteiger charge is -2.04.